The number of thioether (sulfide) groups is 2. The van der Waals surface area contributed by atoms with Crippen LogP contribution in [0.5, 0.6) is 0 Å². The molecule has 3 fully saturated rings. The minimum atomic E-state index is 0. The van der Waals surface area contributed by atoms with Crippen molar-refractivity contribution in [1.82, 2.24) is 15.5 Å². The van der Waals surface area contributed by atoms with Gasteiger partial charge >= 0.3 is 0 Å². The highest BCUT2D eigenvalue weighted by atomic mass is 35.5. The molecule has 3 aliphatic heterocycles. The van der Waals surface area contributed by atoms with Gasteiger partial charge in [0.25, 0.3) is 0 Å². The van der Waals surface area contributed by atoms with Crippen molar-refractivity contribution in [2.24, 2.45) is 0 Å². The maximum atomic E-state index is 12.3. The molecule has 3 aliphatic rings. The molecule has 0 aromatic rings. The van der Waals surface area contributed by atoms with E-state index in [1.54, 1.807) is 0 Å². The van der Waals surface area contributed by atoms with E-state index in [0.717, 1.165) is 56.7 Å². The first-order valence-corrected chi connectivity index (χ1v) is 10.6. The molecular weight excluding hydrogens is 389 g/mol. The minimum Gasteiger partial charge on any atom is -0.379 e. The van der Waals surface area contributed by atoms with E-state index in [0.29, 0.717) is 12.5 Å². The Morgan fingerprint density at radius 1 is 1.25 bits per heavy atom. The number of nitrogens with one attached hydrogen (secondary N) is 2. The van der Waals surface area contributed by atoms with Crippen LogP contribution >= 0.6 is 48.3 Å². The van der Waals surface area contributed by atoms with Crippen LogP contribution in [0.25, 0.3) is 0 Å². The number of hydrogen-bond acceptors (Lipinski definition) is 6. The fourth-order valence-corrected chi connectivity index (χ4v) is 5.87. The normalized spacial score (nSPS) is 30.9. The van der Waals surface area contributed by atoms with Crippen molar-refractivity contribution in [3.63, 3.8) is 0 Å². The van der Waals surface area contributed by atoms with Gasteiger partial charge in [0.1, 0.15) is 0 Å². The van der Waals surface area contributed by atoms with Crippen LogP contribution in [0.15, 0.2) is 0 Å². The lowest BCUT2D eigenvalue weighted by Gasteiger charge is -2.43. The van der Waals surface area contributed by atoms with E-state index in [2.05, 4.69) is 15.5 Å². The Hall–Kier alpha value is 0.630. The van der Waals surface area contributed by atoms with Gasteiger partial charge in [-0.15, -0.1) is 24.8 Å². The van der Waals surface area contributed by atoms with Gasteiger partial charge in [0, 0.05) is 61.4 Å². The molecule has 9 heteroatoms. The summed E-state index contributed by atoms with van der Waals surface area (Å²) < 4.78 is 5.48. The van der Waals surface area contributed by atoms with Gasteiger partial charge in [-0.3, -0.25) is 9.69 Å². The second kappa shape index (κ2) is 11.4. The zero-order valence-electron chi connectivity index (χ0n) is 14.0. The fourth-order valence-electron chi connectivity index (χ4n) is 3.44. The summed E-state index contributed by atoms with van der Waals surface area (Å²) in [6.45, 7) is 5.46. The topological polar surface area (TPSA) is 53.6 Å². The number of amides is 1. The average molecular weight is 418 g/mol. The number of carbonyl (C=O) groups is 1. The van der Waals surface area contributed by atoms with Crippen LogP contribution in [-0.2, 0) is 9.53 Å². The third kappa shape index (κ3) is 6.11. The van der Waals surface area contributed by atoms with Gasteiger partial charge in [-0.05, 0) is 12.2 Å². The molecule has 0 saturated carbocycles. The summed E-state index contributed by atoms with van der Waals surface area (Å²) in [7, 11) is 0. The third-order valence-electron chi connectivity index (χ3n) is 4.81. The van der Waals surface area contributed by atoms with Gasteiger partial charge in [-0.1, -0.05) is 0 Å². The van der Waals surface area contributed by atoms with Crippen molar-refractivity contribution in [2.45, 2.75) is 24.4 Å². The second-order valence-corrected chi connectivity index (χ2v) is 8.59. The Bertz CT molecular complexity index is 376. The van der Waals surface area contributed by atoms with Gasteiger partial charge in [-0.25, -0.2) is 0 Å². The highest BCUT2D eigenvalue weighted by Gasteiger charge is 2.40. The number of nitrogens with zero attached hydrogens (tertiary/aromatic N) is 1. The highest BCUT2D eigenvalue weighted by molar-refractivity contribution is 7.99. The van der Waals surface area contributed by atoms with Crippen LogP contribution in [-0.4, -0.2) is 84.8 Å². The lowest BCUT2D eigenvalue weighted by Crippen LogP contribution is -2.59. The number of carbonyl (C=O) groups excluding carboxylic acids is 1. The van der Waals surface area contributed by atoms with Crippen molar-refractivity contribution in [3.8, 4) is 0 Å². The highest BCUT2D eigenvalue weighted by Crippen LogP contribution is 2.33. The Morgan fingerprint density at radius 2 is 2.04 bits per heavy atom. The smallest absolute Gasteiger partial charge is 0.221 e. The molecule has 0 radical (unpaired) electrons. The van der Waals surface area contributed by atoms with E-state index in [1.807, 2.05) is 23.5 Å². The van der Waals surface area contributed by atoms with Crippen molar-refractivity contribution < 1.29 is 9.53 Å². The molecule has 2 N–H and O–H groups in total. The lowest BCUT2D eigenvalue weighted by atomic mass is 9.95. The van der Waals surface area contributed by atoms with E-state index in [-0.39, 0.29) is 36.3 Å². The molecule has 3 rings (SSSR count). The fraction of sp³-hybridized carbons (Fsp3) is 0.933. The maximum Gasteiger partial charge on any atom is 0.221 e. The molecule has 3 heterocycles. The summed E-state index contributed by atoms with van der Waals surface area (Å²) in [5, 5.41) is 6.66. The summed E-state index contributed by atoms with van der Waals surface area (Å²) in [6.07, 6.45) is 1.79. The number of ether oxygens (including phenoxy) is 1. The quantitative estimate of drug-likeness (QED) is 0.701. The maximum absolute atomic E-state index is 12.3. The second-order valence-electron chi connectivity index (χ2n) is 6.33. The standard InChI is InChI=1S/C15H27N3O2S2.2ClH/c19-14(9-13-10-21-8-2-16-13)17-11-15(1-7-22-12-15)18-3-5-20-6-4-18;;/h13,16H,1-12H2,(H,17,19);2*1H. The van der Waals surface area contributed by atoms with Gasteiger partial charge in [0.05, 0.1) is 13.2 Å². The predicted octanol–water partition coefficient (Wildman–Crippen LogP) is 1.25. The number of rotatable bonds is 5. The van der Waals surface area contributed by atoms with Crippen LogP contribution in [0.2, 0.25) is 0 Å². The van der Waals surface area contributed by atoms with Gasteiger partial charge in [0.15, 0.2) is 0 Å². The first-order chi connectivity index (χ1) is 10.8. The Labute approximate surface area is 166 Å². The first kappa shape index (κ1) is 22.7. The molecule has 0 aromatic heterocycles. The summed E-state index contributed by atoms with van der Waals surface area (Å²) in [6, 6.07) is 0.344. The largest absolute Gasteiger partial charge is 0.379 e. The Balaban J connectivity index is 0.00000144. The van der Waals surface area contributed by atoms with Gasteiger partial charge < -0.3 is 15.4 Å². The molecule has 0 aromatic carbocycles. The first-order valence-electron chi connectivity index (χ1n) is 8.27. The molecule has 0 spiro atoms. The van der Waals surface area contributed by atoms with E-state index in [4.69, 9.17) is 4.74 Å². The van der Waals surface area contributed by atoms with Crippen LogP contribution < -0.4 is 10.6 Å². The van der Waals surface area contributed by atoms with Gasteiger partial charge in [0.2, 0.25) is 5.91 Å². The summed E-state index contributed by atoms with van der Waals surface area (Å²) >= 11 is 3.95. The molecule has 0 bridgehead atoms. The number of halogens is 2. The molecule has 5 nitrogen and oxygen atoms in total. The van der Waals surface area contributed by atoms with Crippen LogP contribution in [0.1, 0.15) is 12.8 Å². The SMILES string of the molecule is Cl.Cl.O=C(CC1CSCCN1)NCC1(N2CCOCC2)CCSC1. The number of morpholine rings is 1. The molecule has 1 amide bonds. The van der Waals surface area contributed by atoms with E-state index in [1.165, 1.54) is 12.2 Å². The zero-order valence-corrected chi connectivity index (χ0v) is 17.2. The summed E-state index contributed by atoms with van der Waals surface area (Å²) in [4.78, 5) is 14.8. The number of hydrogen-bond donors (Lipinski definition) is 2. The average Bonchev–Trinajstić information content (AvgIpc) is 3.05. The van der Waals surface area contributed by atoms with Crippen molar-refractivity contribution in [1.29, 1.82) is 0 Å². The van der Waals surface area contributed by atoms with Crippen molar-refractivity contribution >= 4 is 54.2 Å². The lowest BCUT2D eigenvalue weighted by molar-refractivity contribution is -0.122. The van der Waals surface area contributed by atoms with E-state index < -0.39 is 0 Å². The summed E-state index contributed by atoms with van der Waals surface area (Å²) in [5.41, 5.74) is 0.152. The van der Waals surface area contributed by atoms with Crippen LogP contribution in [0, 0.1) is 0 Å². The molecule has 3 saturated heterocycles. The van der Waals surface area contributed by atoms with Crippen LogP contribution in [0.3, 0.4) is 0 Å². The molecule has 142 valence electrons. The monoisotopic (exact) mass is 417 g/mol. The molecule has 0 aliphatic carbocycles. The Morgan fingerprint density at radius 3 is 2.67 bits per heavy atom. The molecular formula is C15H29Cl2N3O2S2. The predicted molar refractivity (Wildman–Crippen MR) is 108 cm³/mol. The third-order valence-corrected chi connectivity index (χ3v) is 7.17. The summed E-state index contributed by atoms with van der Waals surface area (Å²) in [5.74, 6) is 4.75. The van der Waals surface area contributed by atoms with E-state index >= 15 is 0 Å². The minimum absolute atomic E-state index is 0. The molecule has 24 heavy (non-hydrogen) atoms. The van der Waals surface area contributed by atoms with Crippen molar-refractivity contribution in [2.75, 3.05) is 62.4 Å². The van der Waals surface area contributed by atoms with Crippen LogP contribution in [0.4, 0.5) is 0 Å². The molecule has 2 unspecified atom stereocenters. The zero-order chi connectivity index (χ0) is 15.3. The van der Waals surface area contributed by atoms with Gasteiger partial charge in [-0.2, -0.15) is 23.5 Å². The molecule has 2 atom stereocenters. The van der Waals surface area contributed by atoms with E-state index in [9.17, 15) is 4.79 Å². The Kier molecular flexibility index (Phi) is 10.7. The van der Waals surface area contributed by atoms with Crippen molar-refractivity contribution in [3.05, 3.63) is 0 Å².